The predicted octanol–water partition coefficient (Wildman–Crippen LogP) is 2.24. The molecule has 1 N–H and O–H groups in total. The summed E-state index contributed by atoms with van der Waals surface area (Å²) < 4.78 is 0. The van der Waals surface area contributed by atoms with Crippen LogP contribution in [0.4, 0.5) is 0 Å². The lowest BCUT2D eigenvalue weighted by Gasteiger charge is -2.07. The maximum absolute atomic E-state index is 4.33. The third kappa shape index (κ3) is 2.37. The summed E-state index contributed by atoms with van der Waals surface area (Å²) in [7, 11) is 0. The summed E-state index contributed by atoms with van der Waals surface area (Å²) in [6.45, 7) is 4.83. The molecule has 0 spiro atoms. The number of nitrogens with zero attached hydrogens (tertiary/aromatic N) is 2. The summed E-state index contributed by atoms with van der Waals surface area (Å²) in [5.41, 5.74) is 6.67. The third-order valence-corrected chi connectivity index (χ3v) is 2.29. The maximum atomic E-state index is 4.33. The number of aryl methyl sites for hydroxylation is 2. The van der Waals surface area contributed by atoms with Crippen molar-refractivity contribution in [2.45, 2.75) is 20.4 Å². The highest BCUT2D eigenvalue weighted by molar-refractivity contribution is 5.16. The van der Waals surface area contributed by atoms with Crippen LogP contribution in [0.25, 0.3) is 0 Å². The molecule has 0 aliphatic carbocycles. The van der Waals surface area contributed by atoms with E-state index in [1.54, 1.807) is 0 Å². The van der Waals surface area contributed by atoms with Gasteiger partial charge < -0.3 is 5.43 Å². The number of nitrogens with one attached hydrogen (secondary N) is 1. The molecule has 3 nitrogen and oxygen atoms in total. The highest BCUT2D eigenvalue weighted by Crippen LogP contribution is 2.02. The summed E-state index contributed by atoms with van der Waals surface area (Å²) >= 11 is 0. The van der Waals surface area contributed by atoms with Crippen molar-refractivity contribution in [1.29, 1.82) is 0 Å². The predicted molar refractivity (Wildman–Crippen MR) is 61.2 cm³/mol. The molecule has 15 heavy (non-hydrogen) atoms. The Hall–Kier alpha value is -1.77. The van der Waals surface area contributed by atoms with Gasteiger partial charge in [0.15, 0.2) is 0 Å². The van der Waals surface area contributed by atoms with Crippen molar-refractivity contribution in [1.82, 2.24) is 9.89 Å². The van der Waals surface area contributed by atoms with Crippen molar-refractivity contribution >= 4 is 0 Å². The molecule has 0 radical (unpaired) electrons. The number of hydrogen-bond donors (Lipinski definition) is 1. The van der Waals surface area contributed by atoms with Gasteiger partial charge in [0.1, 0.15) is 0 Å². The second kappa shape index (κ2) is 4.17. The van der Waals surface area contributed by atoms with E-state index in [2.05, 4.69) is 28.7 Å². The zero-order chi connectivity index (χ0) is 10.7. The van der Waals surface area contributed by atoms with Crippen LogP contribution in [0.15, 0.2) is 36.4 Å². The van der Waals surface area contributed by atoms with Crippen LogP contribution in [0.3, 0.4) is 0 Å². The largest absolute Gasteiger partial charge is 0.305 e. The van der Waals surface area contributed by atoms with Crippen LogP contribution < -0.4 is 5.43 Å². The van der Waals surface area contributed by atoms with Crippen molar-refractivity contribution in [3.63, 3.8) is 0 Å². The lowest BCUT2D eigenvalue weighted by atomic mass is 10.2. The van der Waals surface area contributed by atoms with Crippen LogP contribution in [-0.2, 0) is 6.54 Å². The Labute approximate surface area is 89.7 Å². The molecule has 0 saturated heterocycles. The zero-order valence-electron chi connectivity index (χ0n) is 9.07. The van der Waals surface area contributed by atoms with E-state index >= 15 is 0 Å². The molecule has 0 aliphatic rings. The summed E-state index contributed by atoms with van der Waals surface area (Å²) in [5, 5.41) is 4.33. The molecule has 2 aromatic rings. The van der Waals surface area contributed by atoms with Crippen molar-refractivity contribution in [3.05, 3.63) is 53.3 Å². The van der Waals surface area contributed by atoms with Gasteiger partial charge in [-0.2, -0.15) is 9.89 Å². The fourth-order valence-corrected chi connectivity index (χ4v) is 1.55. The van der Waals surface area contributed by atoms with Gasteiger partial charge in [0.2, 0.25) is 0 Å². The van der Waals surface area contributed by atoms with Crippen LogP contribution in [0, 0.1) is 13.8 Å². The Morgan fingerprint density at radius 1 is 1.20 bits per heavy atom. The fourth-order valence-electron chi connectivity index (χ4n) is 1.55. The third-order valence-electron chi connectivity index (χ3n) is 2.29. The first-order chi connectivity index (χ1) is 7.25. The average Bonchev–Trinajstić information content (AvgIpc) is 2.56. The van der Waals surface area contributed by atoms with E-state index in [9.17, 15) is 0 Å². The molecule has 78 valence electrons. The topological polar surface area (TPSA) is 29.9 Å². The van der Waals surface area contributed by atoms with Gasteiger partial charge in [0.25, 0.3) is 0 Å². The molecule has 1 heterocycles. The van der Waals surface area contributed by atoms with Gasteiger partial charge in [-0.3, -0.25) is 0 Å². The fraction of sp³-hybridized carbons (Fsp3) is 0.250. The van der Waals surface area contributed by atoms with E-state index in [1.807, 2.05) is 36.8 Å². The molecular weight excluding hydrogens is 186 g/mol. The summed E-state index contributed by atoms with van der Waals surface area (Å²) in [6.07, 6.45) is 0. The van der Waals surface area contributed by atoms with Crippen LogP contribution in [0.5, 0.6) is 0 Å². The molecule has 0 amide bonds. The minimum absolute atomic E-state index is 0.794. The standard InChI is InChI=1S/C12H15N3/c1-10-8-11(2)15(14-10)13-9-12-6-4-3-5-7-12/h3-8,13H,9H2,1-2H3. The minimum Gasteiger partial charge on any atom is -0.305 e. The van der Waals surface area contributed by atoms with Gasteiger partial charge in [-0.1, -0.05) is 30.3 Å². The van der Waals surface area contributed by atoms with E-state index in [-0.39, 0.29) is 0 Å². The lowest BCUT2D eigenvalue weighted by molar-refractivity contribution is 0.702. The number of rotatable bonds is 3. The van der Waals surface area contributed by atoms with Gasteiger partial charge in [0, 0.05) is 0 Å². The van der Waals surface area contributed by atoms with E-state index in [4.69, 9.17) is 0 Å². The number of benzene rings is 1. The molecule has 0 fully saturated rings. The highest BCUT2D eigenvalue weighted by Gasteiger charge is 1.99. The molecule has 0 aliphatic heterocycles. The smallest absolute Gasteiger partial charge is 0.0617 e. The van der Waals surface area contributed by atoms with Gasteiger partial charge >= 0.3 is 0 Å². The summed E-state index contributed by atoms with van der Waals surface area (Å²) in [6, 6.07) is 12.3. The number of hydrogen-bond acceptors (Lipinski definition) is 2. The molecule has 3 heteroatoms. The Bertz CT molecular complexity index is 431. The Morgan fingerprint density at radius 2 is 1.93 bits per heavy atom. The van der Waals surface area contributed by atoms with Crippen molar-refractivity contribution in [2.24, 2.45) is 0 Å². The Kier molecular flexibility index (Phi) is 2.72. The van der Waals surface area contributed by atoms with Gasteiger partial charge in [-0.05, 0) is 25.5 Å². The second-order valence-corrected chi connectivity index (χ2v) is 3.66. The van der Waals surface area contributed by atoms with E-state index in [0.717, 1.165) is 17.9 Å². The van der Waals surface area contributed by atoms with Gasteiger partial charge in [-0.25, -0.2) is 0 Å². The SMILES string of the molecule is Cc1cc(C)n(NCc2ccccc2)n1. The van der Waals surface area contributed by atoms with Crippen LogP contribution >= 0.6 is 0 Å². The first kappa shape index (κ1) is 9.77. The van der Waals surface area contributed by atoms with Crippen LogP contribution in [0.2, 0.25) is 0 Å². The van der Waals surface area contributed by atoms with E-state index in [0.29, 0.717) is 0 Å². The lowest BCUT2D eigenvalue weighted by Crippen LogP contribution is -2.17. The molecule has 0 bridgehead atoms. The normalized spacial score (nSPS) is 10.3. The first-order valence-corrected chi connectivity index (χ1v) is 5.07. The van der Waals surface area contributed by atoms with Gasteiger partial charge in [-0.15, -0.1) is 0 Å². The molecule has 2 rings (SSSR count). The summed E-state index contributed by atoms with van der Waals surface area (Å²) in [5.74, 6) is 0. The molecular formula is C12H15N3. The highest BCUT2D eigenvalue weighted by atomic mass is 15.6. The van der Waals surface area contributed by atoms with Crippen molar-refractivity contribution in [2.75, 3.05) is 5.43 Å². The van der Waals surface area contributed by atoms with E-state index < -0.39 is 0 Å². The zero-order valence-corrected chi connectivity index (χ0v) is 9.07. The first-order valence-electron chi connectivity index (χ1n) is 5.07. The Balaban J connectivity index is 2.02. The molecule has 1 aromatic heterocycles. The molecule has 0 atom stereocenters. The summed E-state index contributed by atoms with van der Waals surface area (Å²) in [4.78, 5) is 1.82. The number of aromatic nitrogens is 2. The minimum atomic E-state index is 0.794. The second-order valence-electron chi connectivity index (χ2n) is 3.66. The average molecular weight is 201 g/mol. The molecule has 0 unspecified atom stereocenters. The Morgan fingerprint density at radius 3 is 2.53 bits per heavy atom. The monoisotopic (exact) mass is 201 g/mol. The molecule has 1 aromatic carbocycles. The van der Waals surface area contributed by atoms with Crippen molar-refractivity contribution in [3.8, 4) is 0 Å². The maximum Gasteiger partial charge on any atom is 0.0617 e. The quantitative estimate of drug-likeness (QED) is 0.825. The van der Waals surface area contributed by atoms with E-state index in [1.165, 1.54) is 5.56 Å². The van der Waals surface area contributed by atoms with Crippen molar-refractivity contribution < 1.29 is 0 Å². The van der Waals surface area contributed by atoms with Crippen LogP contribution in [0.1, 0.15) is 17.0 Å². The molecule has 0 saturated carbocycles. The van der Waals surface area contributed by atoms with Gasteiger partial charge in [0.05, 0.1) is 17.9 Å². The van der Waals surface area contributed by atoms with Crippen LogP contribution in [-0.4, -0.2) is 9.89 Å².